The topological polar surface area (TPSA) is 121 Å². The van der Waals surface area contributed by atoms with Gasteiger partial charge in [-0.1, -0.05) is 12.1 Å². The number of nitrogens with zero attached hydrogens (tertiary/aromatic N) is 3. The Kier molecular flexibility index (Phi) is 5.24. The van der Waals surface area contributed by atoms with Gasteiger partial charge in [-0.15, -0.1) is 0 Å². The lowest BCUT2D eigenvalue weighted by Gasteiger charge is -2.36. The van der Waals surface area contributed by atoms with E-state index in [4.69, 9.17) is 5.11 Å². The standard InChI is InChI=1S/C15H17N3O6/c1-10(19)13(16-6-8-17(9-7-16)15(21)22)14(20)11-4-2-3-5-12(11)18(23)24/h2-5,13H,6-9H2,1H3,(H,21,22). The van der Waals surface area contributed by atoms with E-state index in [-0.39, 0.29) is 37.4 Å². The summed E-state index contributed by atoms with van der Waals surface area (Å²) in [6.45, 7) is 2.01. The summed E-state index contributed by atoms with van der Waals surface area (Å²) in [5.74, 6) is -1.07. The van der Waals surface area contributed by atoms with Gasteiger partial charge in [0.25, 0.3) is 5.69 Å². The summed E-state index contributed by atoms with van der Waals surface area (Å²) in [4.78, 5) is 48.9. The van der Waals surface area contributed by atoms with Gasteiger partial charge in [0, 0.05) is 32.2 Å². The molecule has 0 saturated carbocycles. The molecule has 24 heavy (non-hydrogen) atoms. The summed E-state index contributed by atoms with van der Waals surface area (Å²) in [5, 5.41) is 20.1. The maximum absolute atomic E-state index is 12.7. The number of rotatable bonds is 5. The Morgan fingerprint density at radius 3 is 2.25 bits per heavy atom. The van der Waals surface area contributed by atoms with Gasteiger partial charge in [0.15, 0.2) is 11.6 Å². The highest BCUT2D eigenvalue weighted by Gasteiger charge is 2.36. The lowest BCUT2D eigenvalue weighted by atomic mass is 9.98. The van der Waals surface area contributed by atoms with Crippen LogP contribution in [0.25, 0.3) is 0 Å². The molecule has 0 spiro atoms. The van der Waals surface area contributed by atoms with Crippen LogP contribution in [0.4, 0.5) is 10.5 Å². The molecule has 0 bridgehead atoms. The van der Waals surface area contributed by atoms with Crippen LogP contribution >= 0.6 is 0 Å². The number of piperazine rings is 1. The van der Waals surface area contributed by atoms with Crippen LogP contribution in [-0.2, 0) is 4.79 Å². The molecule has 0 aromatic heterocycles. The summed E-state index contributed by atoms with van der Waals surface area (Å²) in [7, 11) is 0. The molecule has 1 aliphatic rings. The number of carboxylic acid groups (broad SMARTS) is 1. The fourth-order valence-corrected chi connectivity index (χ4v) is 2.77. The molecule has 1 aromatic rings. The second-order valence-corrected chi connectivity index (χ2v) is 5.46. The van der Waals surface area contributed by atoms with E-state index in [1.165, 1.54) is 36.1 Å². The molecule has 1 fully saturated rings. The van der Waals surface area contributed by atoms with E-state index in [0.717, 1.165) is 0 Å². The van der Waals surface area contributed by atoms with Crippen LogP contribution in [0.5, 0.6) is 0 Å². The monoisotopic (exact) mass is 335 g/mol. The predicted octanol–water partition coefficient (Wildman–Crippen LogP) is 1.03. The van der Waals surface area contributed by atoms with Crippen molar-refractivity contribution in [1.29, 1.82) is 0 Å². The minimum Gasteiger partial charge on any atom is -0.465 e. The molecule has 0 aliphatic carbocycles. The molecule has 1 atom stereocenters. The molecular weight excluding hydrogens is 318 g/mol. The number of ketones is 2. The average molecular weight is 335 g/mol. The smallest absolute Gasteiger partial charge is 0.407 e. The van der Waals surface area contributed by atoms with Gasteiger partial charge in [-0.05, 0) is 13.0 Å². The SMILES string of the molecule is CC(=O)C(C(=O)c1ccccc1[N+](=O)[O-])N1CCN(C(=O)O)CC1. The first-order valence-corrected chi connectivity index (χ1v) is 7.33. The Hall–Kier alpha value is -2.81. The number of Topliss-reactive ketones (excluding diaryl/α,β-unsaturated/α-hetero) is 2. The van der Waals surface area contributed by atoms with Gasteiger partial charge in [-0.25, -0.2) is 4.79 Å². The molecule has 1 amide bonds. The summed E-state index contributed by atoms with van der Waals surface area (Å²) in [5.41, 5.74) is -0.471. The molecule has 1 aromatic carbocycles. The van der Waals surface area contributed by atoms with E-state index in [0.29, 0.717) is 0 Å². The lowest BCUT2D eigenvalue weighted by molar-refractivity contribution is -0.385. The first-order chi connectivity index (χ1) is 11.3. The van der Waals surface area contributed by atoms with Crippen molar-refractivity contribution in [1.82, 2.24) is 9.80 Å². The fraction of sp³-hybridized carbons (Fsp3) is 0.400. The molecule has 1 heterocycles. The summed E-state index contributed by atoms with van der Waals surface area (Å²) < 4.78 is 0. The Morgan fingerprint density at radius 2 is 1.75 bits per heavy atom. The first-order valence-electron chi connectivity index (χ1n) is 7.33. The average Bonchev–Trinajstić information content (AvgIpc) is 2.55. The first kappa shape index (κ1) is 17.5. The van der Waals surface area contributed by atoms with Crippen LogP contribution in [0.15, 0.2) is 24.3 Å². The van der Waals surface area contributed by atoms with Crippen LogP contribution in [0.1, 0.15) is 17.3 Å². The number of para-hydroxylation sites is 1. The number of carbonyl (C=O) groups is 3. The van der Waals surface area contributed by atoms with Crippen molar-refractivity contribution in [3.05, 3.63) is 39.9 Å². The molecule has 1 aliphatic heterocycles. The van der Waals surface area contributed by atoms with Gasteiger partial charge in [-0.2, -0.15) is 0 Å². The highest BCUT2D eigenvalue weighted by molar-refractivity contribution is 6.15. The number of hydrogen-bond acceptors (Lipinski definition) is 6. The molecule has 9 heteroatoms. The Labute approximate surface area is 137 Å². The van der Waals surface area contributed by atoms with Gasteiger partial charge in [0.1, 0.15) is 6.04 Å². The number of hydrogen-bond donors (Lipinski definition) is 1. The van der Waals surface area contributed by atoms with Crippen molar-refractivity contribution in [3.8, 4) is 0 Å². The Bertz CT molecular complexity index is 682. The molecule has 1 saturated heterocycles. The minimum absolute atomic E-state index is 0.122. The molecule has 128 valence electrons. The highest BCUT2D eigenvalue weighted by Crippen LogP contribution is 2.22. The minimum atomic E-state index is -1.15. The van der Waals surface area contributed by atoms with E-state index < -0.39 is 28.6 Å². The fourth-order valence-electron chi connectivity index (χ4n) is 2.77. The van der Waals surface area contributed by atoms with Gasteiger partial charge in [-0.3, -0.25) is 24.6 Å². The lowest BCUT2D eigenvalue weighted by Crippen LogP contribution is -2.55. The van der Waals surface area contributed by atoms with Gasteiger partial charge in [0.05, 0.1) is 10.5 Å². The number of benzene rings is 1. The normalized spacial score (nSPS) is 16.5. The van der Waals surface area contributed by atoms with Gasteiger partial charge < -0.3 is 10.0 Å². The number of carbonyl (C=O) groups excluding carboxylic acids is 2. The molecule has 9 nitrogen and oxygen atoms in total. The third-order valence-corrected chi connectivity index (χ3v) is 3.95. The zero-order valence-electron chi connectivity index (χ0n) is 13.0. The molecule has 0 radical (unpaired) electrons. The van der Waals surface area contributed by atoms with E-state index in [1.54, 1.807) is 4.90 Å². The van der Waals surface area contributed by atoms with Crippen molar-refractivity contribution in [2.75, 3.05) is 26.2 Å². The summed E-state index contributed by atoms with van der Waals surface area (Å²) >= 11 is 0. The number of amides is 1. The molecule has 2 rings (SSSR count). The summed E-state index contributed by atoms with van der Waals surface area (Å²) in [6.07, 6.45) is -1.06. The van der Waals surface area contributed by atoms with E-state index in [1.807, 2.05) is 0 Å². The third-order valence-electron chi connectivity index (χ3n) is 3.95. The van der Waals surface area contributed by atoms with Gasteiger partial charge in [0.2, 0.25) is 0 Å². The Morgan fingerprint density at radius 1 is 1.17 bits per heavy atom. The van der Waals surface area contributed by atoms with Crippen LogP contribution in [0.2, 0.25) is 0 Å². The van der Waals surface area contributed by atoms with Crippen molar-refractivity contribution in [2.45, 2.75) is 13.0 Å². The highest BCUT2D eigenvalue weighted by atomic mass is 16.6. The van der Waals surface area contributed by atoms with Crippen LogP contribution in [0, 0.1) is 10.1 Å². The quantitative estimate of drug-likeness (QED) is 0.369. The largest absolute Gasteiger partial charge is 0.465 e. The van der Waals surface area contributed by atoms with Gasteiger partial charge >= 0.3 is 6.09 Å². The zero-order valence-corrected chi connectivity index (χ0v) is 13.0. The van der Waals surface area contributed by atoms with E-state index in [2.05, 4.69) is 0 Å². The second-order valence-electron chi connectivity index (χ2n) is 5.46. The van der Waals surface area contributed by atoms with Crippen molar-refractivity contribution >= 4 is 23.3 Å². The van der Waals surface area contributed by atoms with Crippen molar-refractivity contribution in [2.24, 2.45) is 0 Å². The molecule has 1 N–H and O–H groups in total. The predicted molar refractivity (Wildman–Crippen MR) is 83.1 cm³/mol. The summed E-state index contributed by atoms with van der Waals surface area (Å²) in [6, 6.07) is 4.34. The molecular formula is C15H17N3O6. The Balaban J connectivity index is 2.26. The maximum atomic E-state index is 12.7. The van der Waals surface area contributed by atoms with Crippen molar-refractivity contribution < 1.29 is 24.4 Å². The van der Waals surface area contributed by atoms with Crippen LogP contribution < -0.4 is 0 Å². The zero-order chi connectivity index (χ0) is 17.9. The molecule has 1 unspecified atom stereocenters. The van der Waals surface area contributed by atoms with Crippen LogP contribution in [0.3, 0.4) is 0 Å². The van der Waals surface area contributed by atoms with E-state index in [9.17, 15) is 24.5 Å². The third kappa shape index (κ3) is 3.57. The number of nitro groups is 1. The second kappa shape index (κ2) is 7.18. The maximum Gasteiger partial charge on any atom is 0.407 e. The number of nitro benzene ring substituents is 1. The van der Waals surface area contributed by atoms with Crippen molar-refractivity contribution in [3.63, 3.8) is 0 Å². The van der Waals surface area contributed by atoms with Crippen LogP contribution in [-0.4, -0.2) is 69.7 Å². The van der Waals surface area contributed by atoms with E-state index >= 15 is 0 Å².